The van der Waals surface area contributed by atoms with Crippen molar-refractivity contribution >= 4 is 19.4 Å². The topological polar surface area (TPSA) is 18.5 Å². The van der Waals surface area contributed by atoms with Crippen molar-refractivity contribution in [3.05, 3.63) is 368 Å². The van der Waals surface area contributed by atoms with E-state index in [-0.39, 0.29) is 47.4 Å². The summed E-state index contributed by atoms with van der Waals surface area (Å²) in [7, 11) is 0. The molecule has 0 N–H and O–H groups in total. The monoisotopic (exact) mass is 1510 g/mol. The van der Waals surface area contributed by atoms with Gasteiger partial charge < -0.3 is 0 Å². The SMILES string of the molecule is CCCC[Se]c1c2cccc1COc1c3cc(C(C)(C)C)cc1Cc1cc(C(C)(C)C)cc(c1Cc1ccccc1)Cc1cc(C(C)(C)C)cc(c1Cc1ccccc1)Cc1cc(C(C)(C)C)cc(c1OC2)Cc1cc(C(C)(C)C)cc(c1Cc1ccccc1)Cc1cc(C(C)(C)C)cc(c1Cc1ccccc1)C3. The molecule has 0 saturated carbocycles. The molecule has 0 radical (unpaired) electrons. The molecule has 2 aliphatic heterocycles. The first-order chi connectivity index (χ1) is 51.7. The van der Waals surface area contributed by atoms with Gasteiger partial charge in [0, 0.05) is 0 Å². The summed E-state index contributed by atoms with van der Waals surface area (Å²) >= 11 is 0.144. The summed E-state index contributed by atoms with van der Waals surface area (Å²) < 4.78 is 17.6. The summed E-state index contributed by atoms with van der Waals surface area (Å²) in [5.41, 5.74) is 36.6. The molecule has 13 rings (SSSR count). The van der Waals surface area contributed by atoms with Gasteiger partial charge in [0.05, 0.1) is 0 Å². The van der Waals surface area contributed by atoms with Crippen molar-refractivity contribution in [1.29, 1.82) is 0 Å². The van der Waals surface area contributed by atoms with Gasteiger partial charge in [0.25, 0.3) is 0 Å². The molecule has 0 amide bonds. The summed E-state index contributed by atoms with van der Waals surface area (Å²) in [5.74, 6) is 2.03. The van der Waals surface area contributed by atoms with Gasteiger partial charge in [0.2, 0.25) is 0 Å². The molecule has 0 aromatic heterocycles. The third-order valence-corrected chi connectivity index (χ3v) is 26.0. The van der Waals surface area contributed by atoms with Crippen LogP contribution in [0.15, 0.2) is 212 Å². The van der Waals surface area contributed by atoms with Gasteiger partial charge >= 0.3 is 595 Å². The Hall–Kier alpha value is -8.46. The average Bonchev–Trinajstić information content (AvgIpc) is 0.763. The summed E-state index contributed by atoms with van der Waals surface area (Å²) in [6, 6.07) is 83.8. The predicted molar refractivity (Wildman–Crippen MR) is 465 cm³/mol. The minimum absolute atomic E-state index is 0.144. The molecule has 3 heteroatoms. The fraction of sp³-hybridized carbons (Fsp3) is 0.377. The molecule has 0 fully saturated rings. The number of hydrogen-bond donors (Lipinski definition) is 0. The Labute approximate surface area is 663 Å². The molecule has 11 aromatic rings. The quantitative estimate of drug-likeness (QED) is 0.0897. The second kappa shape index (κ2) is 32.1. The third kappa shape index (κ3) is 18.8. The van der Waals surface area contributed by atoms with Gasteiger partial charge in [-0.15, -0.1) is 0 Å². The number of ether oxygens (including phenoxy) is 2. The van der Waals surface area contributed by atoms with E-state index in [9.17, 15) is 0 Å². The van der Waals surface area contributed by atoms with Crippen LogP contribution in [0.25, 0.3) is 0 Å². The van der Waals surface area contributed by atoms with Crippen LogP contribution in [-0.4, -0.2) is 15.0 Å². The van der Waals surface area contributed by atoms with E-state index in [4.69, 9.17) is 9.47 Å². The molecule has 0 aliphatic carbocycles. The van der Waals surface area contributed by atoms with Crippen LogP contribution in [0.1, 0.15) is 300 Å². The number of benzene rings is 11. The van der Waals surface area contributed by atoms with E-state index in [0.717, 1.165) is 61.8 Å². The molecule has 11 aromatic carbocycles. The fourth-order valence-electron chi connectivity index (χ4n) is 16.5. The van der Waals surface area contributed by atoms with Crippen molar-refractivity contribution in [2.75, 3.05) is 0 Å². The molecule has 0 unspecified atom stereocenters. The molecule has 2 heterocycles. The van der Waals surface area contributed by atoms with Crippen LogP contribution in [-0.2, 0) is 110 Å². The van der Waals surface area contributed by atoms with Crippen LogP contribution in [0.5, 0.6) is 11.5 Å². The Bertz CT molecular complexity index is 4470. The first-order valence-electron chi connectivity index (χ1n) is 40.8. The van der Waals surface area contributed by atoms with Crippen LogP contribution in [0.4, 0.5) is 0 Å². The molecular formula is C106H122O2Se. The number of fused-ring (bicyclic) bond motifs is 10. The van der Waals surface area contributed by atoms with Crippen molar-refractivity contribution in [2.24, 2.45) is 0 Å². The van der Waals surface area contributed by atoms with E-state index in [1.54, 1.807) is 0 Å². The standard InChI is InChI=1S/C106H122O2Se/c1-20-21-45-109-100-74-43-34-44-75(100)69-108-99-86-53-81-61-89(102(5,6)7)57-77(95(81)47-71-37-28-23-29-38-71)50-76-56-88(101(2,3)4)60-80(94(76)46-70-35-26-22-27-36-70)52-84-64-92(105(14,15)16)65-85(98(84)107-68-74)54-82-62-90(103(8,9)10)58-78(96(82)48-72-39-30-24-31-40-72)51-79-59-91(104(11,12)13)63-83(97(79)49-73-41-32-25-33-42-73)55-87(99)67-93(66-86)106(17,18)19/h22-44,56-67H,20-21,45-55,68-69H2,1-19H3. The number of unbranched alkanes of at least 4 members (excludes halogenated alkanes) is 1. The summed E-state index contributed by atoms with van der Waals surface area (Å²) in [4.78, 5) is 0. The van der Waals surface area contributed by atoms with Crippen molar-refractivity contribution < 1.29 is 9.47 Å². The molecular weight excluding hydrogens is 1380 g/mol. The van der Waals surface area contributed by atoms with Crippen molar-refractivity contribution in [2.45, 2.75) is 260 Å². The van der Waals surface area contributed by atoms with E-state index in [1.807, 2.05) is 0 Å². The Morgan fingerprint density at radius 2 is 0.468 bits per heavy atom. The predicted octanol–water partition coefficient (Wildman–Crippen LogP) is 25.7. The van der Waals surface area contributed by atoms with Crippen LogP contribution >= 0.6 is 0 Å². The molecule has 2 aliphatic rings. The van der Waals surface area contributed by atoms with E-state index in [1.165, 1.54) is 167 Å². The van der Waals surface area contributed by atoms with Gasteiger partial charge in [-0.3, -0.25) is 0 Å². The zero-order valence-electron chi connectivity index (χ0n) is 69.5. The Balaban J connectivity index is 1.24. The van der Waals surface area contributed by atoms with Gasteiger partial charge in [-0.1, -0.05) is 72.8 Å². The Morgan fingerprint density at radius 3 is 0.679 bits per heavy atom. The summed E-state index contributed by atoms with van der Waals surface area (Å²) in [5, 5.41) is 1.14. The Morgan fingerprint density at radius 1 is 0.257 bits per heavy atom. The summed E-state index contributed by atoms with van der Waals surface area (Å²) in [6.45, 7) is 46.8. The van der Waals surface area contributed by atoms with Gasteiger partial charge in [-0.05, 0) is 0 Å². The maximum absolute atomic E-state index is 8.10. The molecule has 0 saturated heterocycles. The maximum atomic E-state index is 8.10. The first-order valence-corrected chi connectivity index (χ1v) is 42.8. The van der Waals surface area contributed by atoms with Crippen LogP contribution in [0, 0.1) is 0 Å². The van der Waals surface area contributed by atoms with Crippen molar-refractivity contribution in [1.82, 2.24) is 0 Å². The van der Waals surface area contributed by atoms with E-state index < -0.39 is 0 Å². The van der Waals surface area contributed by atoms with Crippen molar-refractivity contribution in [3.63, 3.8) is 0 Å². The number of rotatable bonds is 12. The second-order valence-corrected chi connectivity index (χ2v) is 40.6. The molecule has 0 atom stereocenters. The van der Waals surface area contributed by atoms with Gasteiger partial charge in [0.1, 0.15) is 0 Å². The number of hydrogen-bond acceptors (Lipinski definition) is 2. The third-order valence-electron chi connectivity index (χ3n) is 23.3. The zero-order chi connectivity index (χ0) is 77.4. The Kier molecular flexibility index (Phi) is 23.2. The van der Waals surface area contributed by atoms with Crippen LogP contribution in [0.3, 0.4) is 0 Å². The van der Waals surface area contributed by atoms with E-state index in [0.29, 0.717) is 38.9 Å². The molecule has 564 valence electrons. The molecule has 109 heavy (non-hydrogen) atoms. The van der Waals surface area contributed by atoms with Gasteiger partial charge in [-0.2, -0.15) is 0 Å². The van der Waals surface area contributed by atoms with Gasteiger partial charge in [0.15, 0.2) is 0 Å². The first kappa shape index (κ1) is 78.7. The van der Waals surface area contributed by atoms with E-state index in [2.05, 4.69) is 344 Å². The minimum atomic E-state index is -0.194. The molecule has 0 spiro atoms. The molecule has 12 bridgehead atoms. The van der Waals surface area contributed by atoms with Crippen molar-refractivity contribution in [3.8, 4) is 11.5 Å². The normalized spacial score (nSPS) is 13.8. The fourth-order valence-corrected chi connectivity index (χ4v) is 19.1. The van der Waals surface area contributed by atoms with Gasteiger partial charge in [-0.25, -0.2) is 0 Å². The van der Waals surface area contributed by atoms with Crippen LogP contribution in [0.2, 0.25) is 5.32 Å². The van der Waals surface area contributed by atoms with E-state index >= 15 is 0 Å². The molecule has 2 nitrogen and oxygen atoms in total. The average molecular weight is 1510 g/mol. The zero-order valence-corrected chi connectivity index (χ0v) is 71.3. The second-order valence-electron chi connectivity index (χ2n) is 38.2. The summed E-state index contributed by atoms with van der Waals surface area (Å²) in [6.07, 6.45) is 9.87. The van der Waals surface area contributed by atoms with Crippen LogP contribution < -0.4 is 13.9 Å².